The first-order chi connectivity index (χ1) is 9.06. The summed E-state index contributed by atoms with van der Waals surface area (Å²) in [5.74, 6) is 5.01. The molecule has 0 bridgehead atoms. The second-order valence-electron chi connectivity index (χ2n) is 3.30. The van der Waals surface area contributed by atoms with Crippen LogP contribution in [0.5, 0.6) is 0 Å². The van der Waals surface area contributed by atoms with Gasteiger partial charge in [-0.2, -0.15) is 0 Å². The van der Waals surface area contributed by atoms with E-state index in [1.54, 1.807) is 0 Å². The number of hydrogen-bond donors (Lipinski definition) is 3. The van der Waals surface area contributed by atoms with Gasteiger partial charge < -0.3 is 15.3 Å². The molecule has 0 aliphatic heterocycles. The van der Waals surface area contributed by atoms with E-state index in [4.69, 9.17) is 15.3 Å². The summed E-state index contributed by atoms with van der Waals surface area (Å²) in [7, 11) is 0. The Morgan fingerprint density at radius 1 is 1.21 bits per heavy atom. The number of nitrogens with zero attached hydrogens (tertiary/aromatic N) is 3. The highest BCUT2D eigenvalue weighted by atomic mass is 16.4. The number of amides is 2. The number of aliphatic hydroxyl groups excluding tert-OH is 1. The van der Waals surface area contributed by atoms with E-state index in [1.807, 2.05) is 0 Å². The van der Waals surface area contributed by atoms with E-state index >= 15 is 0 Å². The van der Waals surface area contributed by atoms with Crippen molar-refractivity contribution >= 4 is 18.1 Å². The molecule has 1 aromatic heterocycles. The number of unbranched alkanes of at least 4 members (excludes halogenated alkanes) is 1. The summed E-state index contributed by atoms with van der Waals surface area (Å²) in [6.45, 7) is 0.0519. The van der Waals surface area contributed by atoms with E-state index in [0.29, 0.717) is 18.4 Å². The number of rotatable bonds is 3. The molecule has 8 heteroatoms. The molecule has 0 unspecified atom stereocenters. The average Bonchev–Trinajstić information content (AvgIpc) is 2.35. The van der Waals surface area contributed by atoms with Crippen LogP contribution in [-0.4, -0.2) is 44.1 Å². The lowest BCUT2D eigenvalue weighted by Crippen LogP contribution is -2.35. The zero-order valence-corrected chi connectivity index (χ0v) is 9.78. The molecule has 0 fully saturated rings. The van der Waals surface area contributed by atoms with Crippen LogP contribution >= 0.6 is 0 Å². The Morgan fingerprint density at radius 3 is 2.26 bits per heavy atom. The number of aliphatic hydroxyl groups is 1. The lowest BCUT2D eigenvalue weighted by molar-refractivity contribution is 0.183. The van der Waals surface area contributed by atoms with Crippen molar-refractivity contribution in [2.45, 2.75) is 12.8 Å². The van der Waals surface area contributed by atoms with Crippen LogP contribution in [0.25, 0.3) is 0 Å². The minimum Gasteiger partial charge on any atom is -0.464 e. The average molecular weight is 265 g/mol. The van der Waals surface area contributed by atoms with Crippen LogP contribution < -0.4 is 4.90 Å². The highest BCUT2D eigenvalue weighted by Crippen LogP contribution is 2.07. The van der Waals surface area contributed by atoms with Gasteiger partial charge in [-0.25, -0.2) is 19.6 Å². The van der Waals surface area contributed by atoms with Crippen LogP contribution in [0.2, 0.25) is 0 Å². The maximum absolute atomic E-state index is 10.7. The van der Waals surface area contributed by atoms with Gasteiger partial charge in [-0.05, 0) is 6.42 Å². The van der Waals surface area contributed by atoms with Crippen LogP contribution in [0.3, 0.4) is 0 Å². The number of anilines is 1. The van der Waals surface area contributed by atoms with Gasteiger partial charge in [0.2, 0.25) is 5.95 Å². The maximum atomic E-state index is 10.7. The smallest absolute Gasteiger partial charge is 0.424 e. The standard InChI is InChI=1S/C11H11N3O5/c15-5-3-1-2-4-8-6-12-9(13-7-8)14(10(16)17)11(18)19/h6-7,15H,1,3,5H2,(H,16,17)(H,18,19). The molecule has 0 aliphatic rings. The number of imide groups is 1. The maximum Gasteiger partial charge on any atom is 0.424 e. The summed E-state index contributed by atoms with van der Waals surface area (Å²) in [4.78, 5) is 28.6. The van der Waals surface area contributed by atoms with Gasteiger partial charge in [-0.3, -0.25) is 0 Å². The molecular formula is C11H11N3O5. The fraction of sp³-hybridized carbons (Fsp3) is 0.273. The third kappa shape index (κ3) is 4.25. The van der Waals surface area contributed by atoms with Gasteiger partial charge in [0, 0.05) is 25.4 Å². The van der Waals surface area contributed by atoms with Crippen LogP contribution in [0.1, 0.15) is 18.4 Å². The number of carbonyl (C=O) groups is 2. The molecule has 0 aliphatic carbocycles. The molecule has 1 aromatic rings. The van der Waals surface area contributed by atoms with Gasteiger partial charge in [0.05, 0.1) is 5.56 Å². The summed E-state index contributed by atoms with van der Waals surface area (Å²) in [5.41, 5.74) is 0.428. The first-order valence-corrected chi connectivity index (χ1v) is 5.24. The van der Waals surface area contributed by atoms with E-state index in [9.17, 15) is 9.59 Å². The molecule has 0 radical (unpaired) electrons. The van der Waals surface area contributed by atoms with Crippen molar-refractivity contribution in [1.82, 2.24) is 9.97 Å². The van der Waals surface area contributed by atoms with Crippen LogP contribution in [-0.2, 0) is 0 Å². The van der Waals surface area contributed by atoms with Crippen molar-refractivity contribution in [1.29, 1.82) is 0 Å². The highest BCUT2D eigenvalue weighted by molar-refractivity contribution is 6.06. The first kappa shape index (κ1) is 14.4. The number of aromatic nitrogens is 2. The minimum absolute atomic E-state index is 0.00295. The Balaban J connectivity index is 2.82. The molecule has 0 spiro atoms. The minimum atomic E-state index is -1.69. The molecule has 19 heavy (non-hydrogen) atoms. The zero-order valence-electron chi connectivity index (χ0n) is 9.78. The van der Waals surface area contributed by atoms with Crippen molar-refractivity contribution in [3.05, 3.63) is 18.0 Å². The van der Waals surface area contributed by atoms with Crippen molar-refractivity contribution in [3.8, 4) is 11.8 Å². The predicted octanol–water partition coefficient (Wildman–Crippen LogP) is 0.763. The van der Waals surface area contributed by atoms with E-state index in [2.05, 4.69) is 21.8 Å². The van der Waals surface area contributed by atoms with Crippen LogP contribution in [0.15, 0.2) is 12.4 Å². The lowest BCUT2D eigenvalue weighted by atomic mass is 10.3. The monoisotopic (exact) mass is 265 g/mol. The van der Waals surface area contributed by atoms with Crippen molar-refractivity contribution in [2.24, 2.45) is 0 Å². The Kier molecular flexibility index (Phi) is 5.25. The van der Waals surface area contributed by atoms with Gasteiger partial charge in [0.15, 0.2) is 0 Å². The molecule has 1 heterocycles. The van der Waals surface area contributed by atoms with Crippen molar-refractivity contribution in [2.75, 3.05) is 11.5 Å². The summed E-state index contributed by atoms with van der Waals surface area (Å²) in [6.07, 6.45) is 0.149. The van der Waals surface area contributed by atoms with E-state index in [-0.39, 0.29) is 11.5 Å². The SMILES string of the molecule is O=C(O)N(C(=O)O)c1ncc(C#CCCCO)cn1. The predicted molar refractivity (Wildman–Crippen MR) is 63.8 cm³/mol. The van der Waals surface area contributed by atoms with E-state index < -0.39 is 18.1 Å². The van der Waals surface area contributed by atoms with E-state index in [0.717, 1.165) is 0 Å². The number of hydrogen-bond acceptors (Lipinski definition) is 5. The Bertz CT molecular complexity index is 503. The Hall–Kier alpha value is -2.66. The molecule has 0 aromatic carbocycles. The topological polar surface area (TPSA) is 124 Å². The Morgan fingerprint density at radius 2 is 1.79 bits per heavy atom. The molecule has 2 amide bonds. The van der Waals surface area contributed by atoms with Gasteiger partial charge in [0.1, 0.15) is 0 Å². The largest absolute Gasteiger partial charge is 0.464 e. The first-order valence-electron chi connectivity index (χ1n) is 5.24. The number of carboxylic acid groups (broad SMARTS) is 2. The summed E-state index contributed by atoms with van der Waals surface area (Å²) in [6, 6.07) is 0. The second-order valence-corrected chi connectivity index (χ2v) is 3.30. The Labute approximate surface area is 108 Å². The van der Waals surface area contributed by atoms with Gasteiger partial charge >= 0.3 is 12.2 Å². The normalized spacial score (nSPS) is 9.32. The molecule has 0 atom stereocenters. The molecule has 1 rings (SSSR count). The fourth-order valence-corrected chi connectivity index (χ4v) is 1.09. The third-order valence-electron chi connectivity index (χ3n) is 1.91. The quantitative estimate of drug-likeness (QED) is 0.544. The zero-order chi connectivity index (χ0) is 14.3. The van der Waals surface area contributed by atoms with E-state index in [1.165, 1.54) is 12.4 Å². The molecule has 100 valence electrons. The van der Waals surface area contributed by atoms with Gasteiger partial charge in [-0.15, -0.1) is 4.90 Å². The van der Waals surface area contributed by atoms with Crippen LogP contribution in [0.4, 0.5) is 15.5 Å². The summed E-state index contributed by atoms with van der Waals surface area (Å²) >= 11 is 0. The van der Waals surface area contributed by atoms with Gasteiger partial charge in [-0.1, -0.05) is 11.8 Å². The van der Waals surface area contributed by atoms with Crippen molar-refractivity contribution < 1.29 is 24.9 Å². The summed E-state index contributed by atoms with van der Waals surface area (Å²) in [5, 5.41) is 25.9. The highest BCUT2D eigenvalue weighted by Gasteiger charge is 2.24. The molecule has 8 nitrogen and oxygen atoms in total. The van der Waals surface area contributed by atoms with Gasteiger partial charge in [0.25, 0.3) is 0 Å². The lowest BCUT2D eigenvalue weighted by Gasteiger charge is -2.10. The third-order valence-corrected chi connectivity index (χ3v) is 1.91. The summed E-state index contributed by atoms with van der Waals surface area (Å²) < 4.78 is 0. The molecular weight excluding hydrogens is 254 g/mol. The molecule has 0 saturated heterocycles. The van der Waals surface area contributed by atoms with Crippen molar-refractivity contribution in [3.63, 3.8) is 0 Å². The van der Waals surface area contributed by atoms with Crippen LogP contribution in [0, 0.1) is 11.8 Å². The fourth-order valence-electron chi connectivity index (χ4n) is 1.09. The second kappa shape index (κ2) is 6.93. The molecule has 0 saturated carbocycles. The molecule has 3 N–H and O–H groups in total.